The summed E-state index contributed by atoms with van der Waals surface area (Å²) >= 11 is 0.839. The minimum atomic E-state index is -3.03. The molecule has 0 radical (unpaired) electrons. The monoisotopic (exact) mass is 187 g/mol. The average molecular weight is 187 g/mol. The first-order valence-corrected chi connectivity index (χ1v) is 6.14. The first-order chi connectivity index (χ1) is 4.62. The molecule has 1 atom stereocenters. The van der Waals surface area contributed by atoms with Crippen LogP contribution in [0.5, 0.6) is 0 Å². The Kier molecular flexibility index (Phi) is 5.35. The molecule has 0 bridgehead atoms. The second kappa shape index (κ2) is 5.13. The van der Waals surface area contributed by atoms with Crippen LogP contribution in [0.25, 0.3) is 0 Å². The lowest BCUT2D eigenvalue weighted by atomic mass is 10.9. The third-order valence-electron chi connectivity index (χ3n) is 0.657. The van der Waals surface area contributed by atoms with Gasteiger partial charge in [0.2, 0.25) is 0 Å². The quantitative estimate of drug-likeness (QED) is 0.666. The van der Waals surface area contributed by atoms with E-state index in [0.29, 0.717) is 6.61 Å². The van der Waals surface area contributed by atoms with Crippen LogP contribution in [0.3, 0.4) is 0 Å². The van der Waals surface area contributed by atoms with Gasteiger partial charge < -0.3 is 4.52 Å². The highest BCUT2D eigenvalue weighted by Gasteiger charge is 2.15. The van der Waals surface area contributed by atoms with Crippen molar-refractivity contribution in [3.8, 4) is 0 Å². The van der Waals surface area contributed by atoms with Gasteiger partial charge in [0.15, 0.2) is 0 Å². The normalized spacial score (nSPS) is 16.7. The van der Waals surface area contributed by atoms with E-state index in [0.717, 1.165) is 11.4 Å². The fourth-order valence-electron chi connectivity index (χ4n) is 0.379. The van der Waals surface area contributed by atoms with Crippen molar-refractivity contribution in [2.75, 3.05) is 19.0 Å². The molecular weight excluding hydrogens is 176 g/mol. The summed E-state index contributed by atoms with van der Waals surface area (Å²) in [5.74, 6) is 0.133. The second-order valence-corrected chi connectivity index (χ2v) is 5.79. The Morgan fingerprint density at radius 2 is 2.40 bits per heavy atom. The summed E-state index contributed by atoms with van der Waals surface area (Å²) in [5.41, 5.74) is 5.14. The van der Waals surface area contributed by atoms with E-state index < -0.39 is 13.4 Å². The van der Waals surface area contributed by atoms with E-state index in [1.165, 1.54) is 0 Å². The molecule has 0 aliphatic rings. The van der Waals surface area contributed by atoms with Crippen LogP contribution in [-0.4, -0.2) is 19.0 Å². The van der Waals surface area contributed by atoms with Crippen LogP contribution in [0.2, 0.25) is 0 Å². The van der Waals surface area contributed by atoms with Crippen LogP contribution in [0, 0.1) is 0 Å². The summed E-state index contributed by atoms with van der Waals surface area (Å²) in [6.07, 6.45) is 0. The Labute approximate surface area is 63.8 Å². The Morgan fingerprint density at radius 1 is 1.80 bits per heavy atom. The lowest BCUT2D eigenvalue weighted by Crippen LogP contribution is -1.97. The Morgan fingerprint density at radius 3 is 2.80 bits per heavy atom. The van der Waals surface area contributed by atoms with Crippen LogP contribution < -0.4 is 5.50 Å². The van der Waals surface area contributed by atoms with Gasteiger partial charge >= 0.3 is 6.72 Å². The van der Waals surface area contributed by atoms with Crippen molar-refractivity contribution in [1.29, 1.82) is 0 Å². The third-order valence-corrected chi connectivity index (χ3v) is 3.92. The number of hydrogen-bond acceptors (Lipinski definition) is 3. The number of hydrogen-bond donors (Lipinski definition) is 1. The molecule has 0 aliphatic heterocycles. The topological polar surface area (TPSA) is 52.3 Å². The zero-order chi connectivity index (χ0) is 8.04. The van der Waals surface area contributed by atoms with Gasteiger partial charge in [-0.3, -0.25) is 14.5 Å². The number of rotatable bonds is 5. The molecule has 0 fully saturated rings. The molecule has 0 aromatic heterocycles. The summed E-state index contributed by atoms with van der Waals surface area (Å²) in [7, 11) is 0. The number of nitrogens with two attached hydrogens (primary N) is 1. The van der Waals surface area contributed by atoms with Gasteiger partial charge in [-0.05, 0) is 6.92 Å². The highest BCUT2D eigenvalue weighted by Crippen LogP contribution is 2.51. The van der Waals surface area contributed by atoms with Gasteiger partial charge in [0.05, 0.1) is 13.3 Å². The van der Waals surface area contributed by atoms with Gasteiger partial charge in [-0.25, -0.2) is 0 Å². The molecule has 0 saturated heterocycles. The maximum atomic E-state index is 11.5. The minimum Gasteiger partial charge on any atom is -0.310 e. The van der Waals surface area contributed by atoms with Gasteiger partial charge in [-0.1, -0.05) is 11.4 Å². The molecule has 0 heterocycles. The predicted molar refractivity (Wildman–Crippen MR) is 41.9 cm³/mol. The van der Waals surface area contributed by atoms with Crippen molar-refractivity contribution in [3.63, 3.8) is 0 Å². The molecule has 0 rings (SSSR count). The van der Waals surface area contributed by atoms with Gasteiger partial charge in [-0.2, -0.15) is 0 Å². The van der Waals surface area contributed by atoms with Gasteiger partial charge in [0.1, 0.15) is 0 Å². The third kappa shape index (κ3) is 5.23. The maximum absolute atomic E-state index is 11.5. The van der Waals surface area contributed by atoms with Gasteiger partial charge in [0, 0.05) is 5.75 Å². The smallest absolute Gasteiger partial charge is 0.310 e. The first-order valence-electron chi connectivity index (χ1n) is 2.86. The van der Waals surface area contributed by atoms with Crippen LogP contribution in [0.1, 0.15) is 6.92 Å². The van der Waals surface area contributed by atoms with Gasteiger partial charge in [-0.15, -0.1) is 0 Å². The molecule has 2 N–H and O–H groups in total. The number of halogens is 1. The Bertz CT molecular complexity index is 134. The molecule has 0 aromatic rings. The van der Waals surface area contributed by atoms with Crippen molar-refractivity contribution in [2.24, 2.45) is 5.50 Å². The molecule has 0 aliphatic carbocycles. The largest absolute Gasteiger partial charge is 0.323 e. The molecule has 0 saturated carbocycles. The van der Waals surface area contributed by atoms with E-state index in [1.54, 1.807) is 6.92 Å². The van der Waals surface area contributed by atoms with Crippen molar-refractivity contribution in [2.45, 2.75) is 6.92 Å². The SMILES string of the molecule is CCOP(N)(=O)SCCF. The zero-order valence-electron chi connectivity index (χ0n) is 5.75. The molecular formula is C4H11FNO2PS. The highest BCUT2D eigenvalue weighted by molar-refractivity contribution is 8.55. The van der Waals surface area contributed by atoms with E-state index >= 15 is 0 Å². The lowest BCUT2D eigenvalue weighted by Gasteiger charge is -2.08. The molecule has 0 amide bonds. The van der Waals surface area contributed by atoms with E-state index in [9.17, 15) is 8.96 Å². The summed E-state index contributed by atoms with van der Waals surface area (Å²) in [4.78, 5) is 0. The van der Waals surface area contributed by atoms with Crippen molar-refractivity contribution in [3.05, 3.63) is 0 Å². The zero-order valence-corrected chi connectivity index (χ0v) is 7.46. The van der Waals surface area contributed by atoms with E-state index in [2.05, 4.69) is 4.52 Å². The molecule has 3 nitrogen and oxygen atoms in total. The van der Waals surface area contributed by atoms with E-state index in [-0.39, 0.29) is 5.75 Å². The summed E-state index contributed by atoms with van der Waals surface area (Å²) in [6.45, 7) is -1.57. The summed E-state index contributed by atoms with van der Waals surface area (Å²) in [6, 6.07) is 0. The fourth-order valence-corrected chi connectivity index (χ4v) is 2.65. The maximum Gasteiger partial charge on any atom is 0.323 e. The molecule has 62 valence electrons. The van der Waals surface area contributed by atoms with Crippen LogP contribution in [0.15, 0.2) is 0 Å². The van der Waals surface area contributed by atoms with Crippen molar-refractivity contribution < 1.29 is 13.5 Å². The van der Waals surface area contributed by atoms with Gasteiger partial charge in [0.25, 0.3) is 0 Å². The molecule has 0 aromatic carbocycles. The van der Waals surface area contributed by atoms with Crippen molar-refractivity contribution in [1.82, 2.24) is 0 Å². The Balaban J connectivity index is 3.53. The fraction of sp³-hybridized carbons (Fsp3) is 1.00. The molecule has 1 unspecified atom stereocenters. The second-order valence-electron chi connectivity index (χ2n) is 1.48. The minimum absolute atomic E-state index is 0.133. The highest BCUT2D eigenvalue weighted by atomic mass is 32.7. The van der Waals surface area contributed by atoms with Crippen LogP contribution >= 0.6 is 18.1 Å². The first kappa shape index (κ1) is 10.4. The summed E-state index contributed by atoms with van der Waals surface area (Å²) in [5, 5.41) is 0. The molecule has 6 heteroatoms. The standard InChI is InChI=1S/C4H11FNO2PS/c1-2-8-9(6,7)10-4-3-5/h2-4H2,1H3,(H2,6,7). The van der Waals surface area contributed by atoms with E-state index in [1.807, 2.05) is 0 Å². The van der Waals surface area contributed by atoms with E-state index in [4.69, 9.17) is 5.50 Å². The molecule has 10 heavy (non-hydrogen) atoms. The predicted octanol–water partition coefficient (Wildman–Crippen LogP) is 1.79. The number of alkyl halides is 1. The summed E-state index contributed by atoms with van der Waals surface area (Å²) < 4.78 is 27.1. The lowest BCUT2D eigenvalue weighted by molar-refractivity contribution is 0.346. The van der Waals surface area contributed by atoms with Crippen LogP contribution in [-0.2, 0) is 9.09 Å². The Hall–Kier alpha value is 0.430. The molecule has 0 spiro atoms. The van der Waals surface area contributed by atoms with Crippen LogP contribution in [0.4, 0.5) is 4.39 Å². The van der Waals surface area contributed by atoms with Crippen molar-refractivity contribution >= 4 is 18.1 Å². The average Bonchev–Trinajstić information content (AvgIpc) is 1.84.